The first-order valence-electron chi connectivity index (χ1n) is 9.62. The third kappa shape index (κ3) is 3.42. The van der Waals surface area contributed by atoms with Gasteiger partial charge in [-0.3, -0.25) is 9.59 Å². The van der Waals surface area contributed by atoms with E-state index in [-0.39, 0.29) is 11.3 Å². The van der Waals surface area contributed by atoms with Crippen LogP contribution < -0.4 is 4.74 Å². The van der Waals surface area contributed by atoms with Crippen LogP contribution in [0.25, 0.3) is 5.76 Å². The van der Waals surface area contributed by atoms with Crippen molar-refractivity contribution < 1.29 is 23.8 Å². The van der Waals surface area contributed by atoms with Gasteiger partial charge in [-0.15, -0.1) is 0 Å². The number of carbonyl (C=O) groups excluding carboxylic acids is 2. The molecule has 3 heterocycles. The third-order valence-electron chi connectivity index (χ3n) is 5.32. The van der Waals surface area contributed by atoms with E-state index in [9.17, 15) is 14.7 Å². The molecule has 7 nitrogen and oxygen atoms in total. The maximum absolute atomic E-state index is 12.9. The Hall–Kier alpha value is -3.06. The van der Waals surface area contributed by atoms with Gasteiger partial charge in [-0.2, -0.15) is 0 Å². The Morgan fingerprint density at radius 2 is 2.03 bits per heavy atom. The highest BCUT2D eigenvalue weighted by atomic mass is 16.5. The summed E-state index contributed by atoms with van der Waals surface area (Å²) in [6.45, 7) is 3.33. The fourth-order valence-electron chi connectivity index (χ4n) is 3.80. The zero-order valence-electron chi connectivity index (χ0n) is 16.8. The maximum Gasteiger partial charge on any atom is 0.295 e. The number of likely N-dealkylation sites (N-methyl/N-ethyl adjacent to an activating group) is 1. The number of nitrogens with zero attached hydrogens (tertiary/aromatic N) is 2. The number of rotatable bonds is 5. The minimum absolute atomic E-state index is 0.0574. The zero-order valence-corrected chi connectivity index (χ0v) is 16.8. The lowest BCUT2D eigenvalue weighted by atomic mass is 9.98. The first-order chi connectivity index (χ1) is 13.9. The lowest BCUT2D eigenvalue weighted by Crippen LogP contribution is -2.35. The van der Waals surface area contributed by atoms with Crippen LogP contribution in [-0.4, -0.2) is 60.4 Å². The van der Waals surface area contributed by atoms with Crippen LogP contribution in [0.1, 0.15) is 28.7 Å². The lowest BCUT2D eigenvalue weighted by molar-refractivity contribution is -0.140. The number of ketones is 1. The number of aliphatic hydroxyl groups excluding tert-OH is 1. The summed E-state index contributed by atoms with van der Waals surface area (Å²) in [4.78, 5) is 29.1. The summed E-state index contributed by atoms with van der Waals surface area (Å²) in [7, 11) is 3.80. The first-order valence-corrected chi connectivity index (χ1v) is 9.62. The van der Waals surface area contributed by atoms with Gasteiger partial charge in [-0.05, 0) is 56.9 Å². The highest BCUT2D eigenvalue weighted by molar-refractivity contribution is 6.46. The zero-order chi connectivity index (χ0) is 20.7. The normalized spacial score (nSPS) is 20.4. The second-order valence-electron chi connectivity index (χ2n) is 7.67. The van der Waals surface area contributed by atoms with Gasteiger partial charge in [-0.25, -0.2) is 0 Å². The average molecular weight is 396 g/mol. The van der Waals surface area contributed by atoms with Gasteiger partial charge in [0.1, 0.15) is 29.1 Å². The maximum atomic E-state index is 12.9. The Bertz CT molecular complexity index is 1000. The van der Waals surface area contributed by atoms with Crippen LogP contribution in [0, 0.1) is 6.92 Å². The monoisotopic (exact) mass is 396 g/mol. The molecule has 0 spiro atoms. The topological polar surface area (TPSA) is 83.2 Å². The molecule has 2 aromatic rings. The summed E-state index contributed by atoms with van der Waals surface area (Å²) in [5.74, 6) is 0.407. The summed E-state index contributed by atoms with van der Waals surface area (Å²) in [5.41, 5.74) is 1.52. The number of benzene rings is 1. The number of ether oxygens (including phenoxy) is 1. The molecule has 0 bridgehead atoms. The fraction of sp³-hybridized carbons (Fsp3) is 0.364. The molecule has 1 N–H and O–H groups in total. The van der Waals surface area contributed by atoms with Gasteiger partial charge in [0.05, 0.1) is 12.2 Å². The summed E-state index contributed by atoms with van der Waals surface area (Å²) in [6.07, 6.45) is 0.744. The number of carbonyl (C=O) groups is 2. The van der Waals surface area contributed by atoms with Crippen molar-refractivity contribution in [1.29, 1.82) is 0 Å². The minimum atomic E-state index is -0.756. The second-order valence-corrected chi connectivity index (χ2v) is 7.67. The number of Topliss-reactive ketones (excluding diaryl/α,β-unsaturated/α-hetero) is 1. The SMILES string of the molecule is Cc1ccc(C2/C(=C(/O)c3ccc4c(c3)CCO4)C(=O)C(=O)N2CCN(C)C)o1. The molecule has 1 aromatic heterocycles. The van der Waals surface area contributed by atoms with Crippen molar-refractivity contribution in [2.24, 2.45) is 0 Å². The van der Waals surface area contributed by atoms with Crippen LogP contribution in [-0.2, 0) is 16.0 Å². The number of fused-ring (bicyclic) bond motifs is 1. The fourth-order valence-corrected chi connectivity index (χ4v) is 3.80. The van der Waals surface area contributed by atoms with Gasteiger partial charge < -0.3 is 24.1 Å². The minimum Gasteiger partial charge on any atom is -0.507 e. The van der Waals surface area contributed by atoms with Crippen molar-refractivity contribution in [3.05, 3.63) is 58.6 Å². The van der Waals surface area contributed by atoms with Gasteiger partial charge in [-0.1, -0.05) is 0 Å². The van der Waals surface area contributed by atoms with E-state index < -0.39 is 17.7 Å². The molecule has 0 saturated carbocycles. The summed E-state index contributed by atoms with van der Waals surface area (Å²) in [5, 5.41) is 11.1. The van der Waals surface area contributed by atoms with E-state index in [1.807, 2.05) is 25.1 Å². The predicted molar refractivity (Wildman–Crippen MR) is 107 cm³/mol. The van der Waals surface area contributed by atoms with Gasteiger partial charge in [0.2, 0.25) is 0 Å². The second kappa shape index (κ2) is 7.40. The number of hydrogen-bond donors (Lipinski definition) is 1. The highest BCUT2D eigenvalue weighted by Gasteiger charge is 2.47. The van der Waals surface area contributed by atoms with E-state index in [2.05, 4.69) is 0 Å². The van der Waals surface area contributed by atoms with E-state index in [0.717, 1.165) is 17.7 Å². The molecule has 2 aliphatic rings. The Kier molecular flexibility index (Phi) is 4.92. The standard InChI is InChI=1S/C22H24N2O5/c1-13-4-6-17(29-13)19-18(21(26)22(27)24(19)10-9-23(2)3)20(25)15-5-7-16-14(12-15)8-11-28-16/h4-7,12,19,25H,8-11H2,1-3H3/b20-18-. The van der Waals surface area contributed by atoms with Crippen LogP contribution in [0.15, 0.2) is 40.3 Å². The smallest absolute Gasteiger partial charge is 0.295 e. The molecule has 7 heteroatoms. The Morgan fingerprint density at radius 1 is 1.24 bits per heavy atom. The largest absolute Gasteiger partial charge is 0.507 e. The third-order valence-corrected chi connectivity index (χ3v) is 5.32. The molecule has 0 radical (unpaired) electrons. The quantitative estimate of drug-likeness (QED) is 0.475. The molecule has 1 unspecified atom stereocenters. The molecule has 1 atom stereocenters. The number of amides is 1. The van der Waals surface area contributed by atoms with Crippen molar-refractivity contribution in [2.75, 3.05) is 33.8 Å². The lowest BCUT2D eigenvalue weighted by Gasteiger charge is -2.24. The van der Waals surface area contributed by atoms with E-state index in [1.165, 1.54) is 4.90 Å². The van der Waals surface area contributed by atoms with E-state index in [1.54, 1.807) is 31.2 Å². The number of furan rings is 1. The molecule has 1 amide bonds. The van der Waals surface area contributed by atoms with Crippen LogP contribution in [0.3, 0.4) is 0 Å². The molecule has 152 valence electrons. The molecule has 0 aliphatic carbocycles. The summed E-state index contributed by atoms with van der Waals surface area (Å²) in [6, 6.07) is 8.08. The van der Waals surface area contributed by atoms with Crippen molar-refractivity contribution in [3.63, 3.8) is 0 Å². The van der Waals surface area contributed by atoms with Crippen LogP contribution in [0.2, 0.25) is 0 Å². The number of likely N-dealkylation sites (tertiary alicyclic amines) is 1. The Labute approximate surface area is 169 Å². The van der Waals surface area contributed by atoms with Crippen molar-refractivity contribution >= 4 is 17.4 Å². The molecule has 2 aliphatic heterocycles. The van der Waals surface area contributed by atoms with Crippen LogP contribution in [0.5, 0.6) is 5.75 Å². The summed E-state index contributed by atoms with van der Waals surface area (Å²) >= 11 is 0. The van der Waals surface area contributed by atoms with Crippen molar-refractivity contribution in [3.8, 4) is 5.75 Å². The molecular formula is C22H24N2O5. The van der Waals surface area contributed by atoms with Gasteiger partial charge in [0.15, 0.2) is 0 Å². The van der Waals surface area contributed by atoms with Gasteiger partial charge >= 0.3 is 0 Å². The number of aryl methyl sites for hydroxylation is 1. The average Bonchev–Trinajstić information content (AvgIpc) is 3.38. The predicted octanol–water partition coefficient (Wildman–Crippen LogP) is 2.51. The van der Waals surface area contributed by atoms with Crippen LogP contribution in [0.4, 0.5) is 0 Å². The molecule has 1 fully saturated rings. The van der Waals surface area contributed by atoms with Crippen molar-refractivity contribution in [1.82, 2.24) is 9.80 Å². The van der Waals surface area contributed by atoms with E-state index >= 15 is 0 Å². The van der Waals surface area contributed by atoms with Crippen LogP contribution >= 0.6 is 0 Å². The van der Waals surface area contributed by atoms with Crippen molar-refractivity contribution in [2.45, 2.75) is 19.4 Å². The Morgan fingerprint density at radius 3 is 2.72 bits per heavy atom. The van der Waals surface area contributed by atoms with E-state index in [0.29, 0.717) is 36.8 Å². The molecule has 1 aromatic carbocycles. The molecule has 1 saturated heterocycles. The highest BCUT2D eigenvalue weighted by Crippen LogP contribution is 2.40. The molecule has 29 heavy (non-hydrogen) atoms. The number of aliphatic hydroxyl groups is 1. The Balaban J connectivity index is 1.81. The van der Waals surface area contributed by atoms with Gasteiger partial charge in [0.25, 0.3) is 11.7 Å². The first kappa shape index (κ1) is 19.3. The molecular weight excluding hydrogens is 372 g/mol. The number of hydrogen-bond acceptors (Lipinski definition) is 6. The molecule has 4 rings (SSSR count). The summed E-state index contributed by atoms with van der Waals surface area (Å²) < 4.78 is 11.3. The van der Waals surface area contributed by atoms with E-state index in [4.69, 9.17) is 9.15 Å². The van der Waals surface area contributed by atoms with Gasteiger partial charge in [0, 0.05) is 25.1 Å².